The summed E-state index contributed by atoms with van der Waals surface area (Å²) in [6.07, 6.45) is 0.983. The number of hydrogen-bond donors (Lipinski definition) is 3. The van der Waals surface area contributed by atoms with Gasteiger partial charge in [0.1, 0.15) is 0 Å². The zero-order chi connectivity index (χ0) is 17.2. The number of para-hydroxylation sites is 1. The molecule has 0 aliphatic carbocycles. The molecule has 0 aliphatic rings. The number of rotatable bonds is 9. The lowest BCUT2D eigenvalue weighted by Gasteiger charge is -2.11. The fraction of sp³-hybridized carbons (Fsp3) is 0.333. The normalized spacial score (nSPS) is 10.4. The van der Waals surface area contributed by atoms with Crippen LogP contribution in [0.25, 0.3) is 0 Å². The highest BCUT2D eigenvalue weighted by molar-refractivity contribution is 7.08. The molecule has 0 aliphatic heterocycles. The Balaban J connectivity index is 1.72. The van der Waals surface area contributed by atoms with Gasteiger partial charge in [-0.05, 0) is 36.0 Å². The summed E-state index contributed by atoms with van der Waals surface area (Å²) in [6, 6.07) is 9.56. The van der Waals surface area contributed by atoms with E-state index in [1.54, 1.807) is 6.07 Å². The standard InChI is InChI=1S/C18H23N3O2S/c1-2-19-12-14-6-3-4-7-16(14)21-17(22)8-5-10-20-18(23)15-9-11-24-13-15/h3-4,6-7,9,11,13,19H,2,5,8,10,12H2,1H3,(H,20,23)(H,21,22). The van der Waals surface area contributed by atoms with Gasteiger partial charge in [-0.2, -0.15) is 11.3 Å². The van der Waals surface area contributed by atoms with Gasteiger partial charge in [0.25, 0.3) is 5.91 Å². The first-order valence-corrected chi connectivity index (χ1v) is 9.04. The largest absolute Gasteiger partial charge is 0.352 e. The molecule has 0 atom stereocenters. The Bertz CT molecular complexity index is 656. The van der Waals surface area contributed by atoms with Crippen LogP contribution in [0, 0.1) is 0 Å². The van der Waals surface area contributed by atoms with E-state index in [-0.39, 0.29) is 11.8 Å². The van der Waals surface area contributed by atoms with Gasteiger partial charge in [-0.25, -0.2) is 0 Å². The van der Waals surface area contributed by atoms with Gasteiger partial charge < -0.3 is 16.0 Å². The molecule has 0 saturated heterocycles. The van der Waals surface area contributed by atoms with E-state index in [2.05, 4.69) is 16.0 Å². The maximum absolute atomic E-state index is 12.1. The Morgan fingerprint density at radius 3 is 2.75 bits per heavy atom. The summed E-state index contributed by atoms with van der Waals surface area (Å²) in [6.45, 7) is 4.14. The summed E-state index contributed by atoms with van der Waals surface area (Å²) in [5.74, 6) is -0.128. The summed E-state index contributed by atoms with van der Waals surface area (Å²) >= 11 is 1.49. The van der Waals surface area contributed by atoms with E-state index < -0.39 is 0 Å². The molecular weight excluding hydrogens is 322 g/mol. The van der Waals surface area contributed by atoms with E-state index in [9.17, 15) is 9.59 Å². The number of amides is 2. The first-order chi connectivity index (χ1) is 11.7. The highest BCUT2D eigenvalue weighted by atomic mass is 32.1. The molecule has 0 bridgehead atoms. The quantitative estimate of drug-likeness (QED) is 0.612. The number of carbonyl (C=O) groups is 2. The van der Waals surface area contributed by atoms with Gasteiger partial charge >= 0.3 is 0 Å². The molecule has 1 aromatic carbocycles. The highest BCUT2D eigenvalue weighted by Gasteiger charge is 2.08. The number of thiophene rings is 1. The minimum Gasteiger partial charge on any atom is -0.352 e. The summed E-state index contributed by atoms with van der Waals surface area (Å²) in [4.78, 5) is 23.8. The van der Waals surface area contributed by atoms with Gasteiger partial charge in [0.2, 0.25) is 5.91 Å². The molecule has 6 heteroatoms. The van der Waals surface area contributed by atoms with Crippen LogP contribution in [-0.4, -0.2) is 24.9 Å². The molecule has 3 N–H and O–H groups in total. The van der Waals surface area contributed by atoms with Crippen LogP contribution < -0.4 is 16.0 Å². The second-order valence-electron chi connectivity index (χ2n) is 5.36. The molecule has 1 heterocycles. The lowest BCUT2D eigenvalue weighted by atomic mass is 10.1. The predicted molar refractivity (Wildman–Crippen MR) is 98.3 cm³/mol. The van der Waals surface area contributed by atoms with Crippen molar-refractivity contribution in [3.63, 3.8) is 0 Å². The van der Waals surface area contributed by atoms with Crippen LogP contribution in [0.2, 0.25) is 0 Å². The number of carbonyl (C=O) groups excluding carboxylic acids is 2. The minimum atomic E-state index is -0.0901. The van der Waals surface area contributed by atoms with Crippen LogP contribution in [0.15, 0.2) is 41.1 Å². The van der Waals surface area contributed by atoms with Crippen LogP contribution in [0.4, 0.5) is 5.69 Å². The van der Waals surface area contributed by atoms with Gasteiger partial charge in [0, 0.05) is 36.1 Å². The van der Waals surface area contributed by atoms with Gasteiger partial charge in [-0.3, -0.25) is 9.59 Å². The maximum Gasteiger partial charge on any atom is 0.252 e. The fourth-order valence-corrected chi connectivity index (χ4v) is 2.85. The molecule has 2 aromatic rings. The summed E-state index contributed by atoms with van der Waals surface area (Å²) in [5.41, 5.74) is 2.58. The van der Waals surface area contributed by atoms with E-state index in [0.29, 0.717) is 24.9 Å². The van der Waals surface area contributed by atoms with Crippen molar-refractivity contribution in [3.8, 4) is 0 Å². The summed E-state index contributed by atoms with van der Waals surface area (Å²) in [5, 5.41) is 12.7. The van der Waals surface area contributed by atoms with Crippen molar-refractivity contribution in [1.82, 2.24) is 10.6 Å². The zero-order valence-electron chi connectivity index (χ0n) is 13.8. The molecule has 2 rings (SSSR count). The van der Waals surface area contributed by atoms with Crippen molar-refractivity contribution in [2.75, 3.05) is 18.4 Å². The third-order valence-electron chi connectivity index (χ3n) is 3.51. The lowest BCUT2D eigenvalue weighted by molar-refractivity contribution is -0.116. The van der Waals surface area contributed by atoms with Gasteiger partial charge in [-0.15, -0.1) is 0 Å². The van der Waals surface area contributed by atoms with Crippen molar-refractivity contribution in [3.05, 3.63) is 52.2 Å². The van der Waals surface area contributed by atoms with E-state index in [4.69, 9.17) is 0 Å². The predicted octanol–water partition coefficient (Wildman–Crippen LogP) is 3.01. The van der Waals surface area contributed by atoms with Crippen LogP contribution in [0.3, 0.4) is 0 Å². The lowest BCUT2D eigenvalue weighted by Crippen LogP contribution is -2.25. The molecule has 0 fully saturated rings. The van der Waals surface area contributed by atoms with Gasteiger partial charge in [0.15, 0.2) is 0 Å². The highest BCUT2D eigenvalue weighted by Crippen LogP contribution is 2.15. The molecule has 0 saturated carbocycles. The molecule has 5 nitrogen and oxygen atoms in total. The Hall–Kier alpha value is -2.18. The van der Waals surface area contributed by atoms with Crippen LogP contribution in [-0.2, 0) is 11.3 Å². The number of anilines is 1. The monoisotopic (exact) mass is 345 g/mol. The smallest absolute Gasteiger partial charge is 0.252 e. The van der Waals surface area contributed by atoms with E-state index in [0.717, 1.165) is 24.3 Å². The van der Waals surface area contributed by atoms with Crippen LogP contribution in [0.5, 0.6) is 0 Å². The fourth-order valence-electron chi connectivity index (χ4n) is 2.22. The third kappa shape index (κ3) is 5.79. The SMILES string of the molecule is CCNCc1ccccc1NC(=O)CCCNC(=O)c1ccsc1. The summed E-state index contributed by atoms with van der Waals surface area (Å²) in [7, 11) is 0. The van der Waals surface area contributed by atoms with E-state index in [1.807, 2.05) is 41.9 Å². The third-order valence-corrected chi connectivity index (χ3v) is 4.19. The maximum atomic E-state index is 12.1. The molecule has 128 valence electrons. The number of nitrogens with one attached hydrogen (secondary N) is 3. The second-order valence-corrected chi connectivity index (χ2v) is 6.14. The van der Waals surface area contributed by atoms with Crippen LogP contribution >= 0.6 is 11.3 Å². The Kier molecular flexibility index (Phi) is 7.45. The number of benzene rings is 1. The Morgan fingerprint density at radius 1 is 1.17 bits per heavy atom. The minimum absolute atomic E-state index is 0.0382. The Morgan fingerprint density at radius 2 is 2.00 bits per heavy atom. The van der Waals surface area contributed by atoms with Crippen LogP contribution in [0.1, 0.15) is 35.7 Å². The molecule has 0 unspecified atom stereocenters. The molecule has 2 amide bonds. The number of hydrogen-bond acceptors (Lipinski definition) is 4. The average Bonchev–Trinajstić information content (AvgIpc) is 3.12. The molecule has 0 radical (unpaired) electrons. The Labute approximate surface area is 146 Å². The van der Waals surface area contributed by atoms with Gasteiger partial charge in [0.05, 0.1) is 0 Å². The van der Waals surface area contributed by atoms with Crippen molar-refractivity contribution in [1.29, 1.82) is 0 Å². The first kappa shape index (κ1) is 18.2. The topological polar surface area (TPSA) is 70.2 Å². The zero-order valence-corrected chi connectivity index (χ0v) is 14.6. The van der Waals surface area contributed by atoms with Gasteiger partial charge in [-0.1, -0.05) is 25.1 Å². The van der Waals surface area contributed by atoms with Crippen molar-refractivity contribution >= 4 is 28.8 Å². The molecular formula is C18H23N3O2S. The van der Waals surface area contributed by atoms with Crippen molar-refractivity contribution in [2.45, 2.75) is 26.3 Å². The molecule has 24 heavy (non-hydrogen) atoms. The van der Waals surface area contributed by atoms with Crippen molar-refractivity contribution in [2.24, 2.45) is 0 Å². The van der Waals surface area contributed by atoms with E-state index in [1.165, 1.54) is 11.3 Å². The molecule has 0 spiro atoms. The second kappa shape index (κ2) is 9.85. The molecule has 1 aromatic heterocycles. The van der Waals surface area contributed by atoms with Crippen molar-refractivity contribution < 1.29 is 9.59 Å². The first-order valence-electron chi connectivity index (χ1n) is 8.09. The van der Waals surface area contributed by atoms with E-state index >= 15 is 0 Å². The summed E-state index contributed by atoms with van der Waals surface area (Å²) < 4.78 is 0. The average molecular weight is 345 g/mol.